The molecule has 2 N–H and O–H groups in total. The van der Waals surface area contributed by atoms with Crippen LogP contribution in [-0.4, -0.2) is 133 Å². The molecule has 1 spiro atoms. The van der Waals surface area contributed by atoms with E-state index in [1.807, 2.05) is 12.2 Å². The highest BCUT2D eigenvalue weighted by Crippen LogP contribution is 2.53. The van der Waals surface area contributed by atoms with Crippen molar-refractivity contribution in [2.24, 2.45) is 11.8 Å². The lowest BCUT2D eigenvalue weighted by Gasteiger charge is -2.36. The number of carbonyl (C=O) groups excluding carboxylic acids is 4. The molecule has 5 aliphatic heterocycles. The molecule has 0 aromatic rings. The van der Waals surface area contributed by atoms with Gasteiger partial charge in [-0.2, -0.15) is 0 Å². The van der Waals surface area contributed by atoms with Crippen LogP contribution in [0.4, 0.5) is 0 Å². The molecule has 0 radical (unpaired) electrons. The van der Waals surface area contributed by atoms with E-state index >= 15 is 0 Å². The molecule has 3 fully saturated rings. The van der Waals surface area contributed by atoms with Crippen LogP contribution in [0.25, 0.3) is 0 Å². The molecule has 0 bridgehead atoms. The van der Waals surface area contributed by atoms with E-state index in [4.69, 9.17) is 14.2 Å². The molecule has 12 nitrogen and oxygen atoms in total. The van der Waals surface area contributed by atoms with E-state index in [1.54, 1.807) is 28.9 Å². The molecular weight excluding hydrogens is 544 g/mol. The zero-order valence-electron chi connectivity index (χ0n) is 24.4. The van der Waals surface area contributed by atoms with Gasteiger partial charge in [0.15, 0.2) is 0 Å². The van der Waals surface area contributed by atoms with Crippen molar-refractivity contribution in [3.05, 3.63) is 24.3 Å². The first-order chi connectivity index (χ1) is 20.4. The predicted octanol–water partition coefficient (Wildman–Crippen LogP) is -0.142. The summed E-state index contributed by atoms with van der Waals surface area (Å²) in [5, 5.41) is 12.0. The van der Waals surface area contributed by atoms with Crippen LogP contribution in [0.1, 0.15) is 39.0 Å². The summed E-state index contributed by atoms with van der Waals surface area (Å²) in [7, 11) is 0. The molecule has 0 aliphatic carbocycles. The lowest BCUT2D eigenvalue weighted by molar-refractivity contribution is -0.158. The van der Waals surface area contributed by atoms with Crippen molar-refractivity contribution in [3.8, 4) is 0 Å². The van der Waals surface area contributed by atoms with E-state index in [0.717, 1.165) is 13.1 Å². The number of amides is 3. The Morgan fingerprint density at radius 3 is 2.62 bits per heavy atom. The lowest BCUT2D eigenvalue weighted by atomic mass is 9.78. The number of nitrogens with one attached hydrogen (secondary N) is 1. The molecule has 6 atom stereocenters. The van der Waals surface area contributed by atoms with Crippen molar-refractivity contribution >= 4 is 23.7 Å². The number of carbonyl (C=O) groups is 4. The number of hydrogen-bond donors (Lipinski definition) is 2. The number of nitrogens with zero attached hydrogens (tertiary/aromatic N) is 3. The van der Waals surface area contributed by atoms with Gasteiger partial charge in [-0.25, -0.2) is 0 Å². The minimum Gasteiger partial charge on any atom is -0.460 e. The maximum atomic E-state index is 14.3. The van der Waals surface area contributed by atoms with Crippen LogP contribution in [-0.2, 0) is 33.4 Å². The predicted molar refractivity (Wildman–Crippen MR) is 151 cm³/mol. The highest BCUT2D eigenvalue weighted by atomic mass is 16.6. The van der Waals surface area contributed by atoms with Crippen LogP contribution in [0.3, 0.4) is 0 Å². The van der Waals surface area contributed by atoms with Crippen LogP contribution in [0.5, 0.6) is 0 Å². The third kappa shape index (κ3) is 6.27. The molecule has 5 aliphatic rings. The van der Waals surface area contributed by atoms with Crippen molar-refractivity contribution in [2.45, 2.75) is 62.9 Å². The molecule has 232 valence electrons. The van der Waals surface area contributed by atoms with Crippen LogP contribution in [0, 0.1) is 11.8 Å². The fourth-order valence-electron chi connectivity index (χ4n) is 6.81. The van der Waals surface area contributed by atoms with Gasteiger partial charge in [0, 0.05) is 52.3 Å². The second kappa shape index (κ2) is 13.7. The van der Waals surface area contributed by atoms with Gasteiger partial charge in [-0.05, 0) is 32.6 Å². The summed E-state index contributed by atoms with van der Waals surface area (Å²) < 4.78 is 17.9. The lowest BCUT2D eigenvalue weighted by Crippen LogP contribution is -2.56. The molecule has 0 aromatic heterocycles. The summed E-state index contributed by atoms with van der Waals surface area (Å²) in [5.74, 6) is -3.05. The summed E-state index contributed by atoms with van der Waals surface area (Å²) >= 11 is 0. The Bertz CT molecular complexity index is 1080. The third-order valence-corrected chi connectivity index (χ3v) is 8.96. The number of esters is 1. The first kappa shape index (κ1) is 30.7. The summed E-state index contributed by atoms with van der Waals surface area (Å²) in [4.78, 5) is 60.1. The van der Waals surface area contributed by atoms with Gasteiger partial charge < -0.3 is 34.4 Å². The number of likely N-dealkylation sites (tertiary alicyclic amines) is 1. The van der Waals surface area contributed by atoms with E-state index in [-0.39, 0.29) is 37.3 Å². The fraction of sp³-hybridized carbons (Fsp3) is 0.733. The molecule has 0 aromatic carbocycles. The van der Waals surface area contributed by atoms with Gasteiger partial charge >= 0.3 is 5.97 Å². The van der Waals surface area contributed by atoms with Gasteiger partial charge in [0.1, 0.15) is 23.7 Å². The minimum absolute atomic E-state index is 0.0601. The minimum atomic E-state index is -1.32. The topological polar surface area (TPSA) is 138 Å². The van der Waals surface area contributed by atoms with Crippen molar-refractivity contribution in [2.75, 3.05) is 65.6 Å². The molecule has 0 saturated carbocycles. The molecule has 12 heteroatoms. The number of aliphatic hydroxyl groups excluding tert-OH is 1. The average molecular weight is 589 g/mol. The number of morpholine rings is 1. The number of cyclic esters (lactones) is 1. The van der Waals surface area contributed by atoms with Crippen molar-refractivity contribution in [1.82, 2.24) is 20.0 Å². The van der Waals surface area contributed by atoms with E-state index in [0.29, 0.717) is 65.1 Å². The molecular formula is C30H44N4O8. The van der Waals surface area contributed by atoms with E-state index in [2.05, 4.69) is 10.2 Å². The van der Waals surface area contributed by atoms with Crippen LogP contribution < -0.4 is 5.32 Å². The van der Waals surface area contributed by atoms with E-state index < -0.39 is 41.7 Å². The zero-order chi connectivity index (χ0) is 29.7. The van der Waals surface area contributed by atoms with Crippen molar-refractivity contribution in [1.29, 1.82) is 0 Å². The SMILES string of the molecule is C[C@H]1CNC(=O)CC/C=C\[C@@H]2O[C@@]34C=CCN(CCN5CCOCC5)C(=O)[C@@H]3N(CCCCCO)C(=O)[C@H]4[C@@H]2C(=O)O1. The normalized spacial score (nSPS) is 35.0. The Balaban J connectivity index is 1.46. The molecule has 42 heavy (non-hydrogen) atoms. The van der Waals surface area contributed by atoms with Gasteiger partial charge in [0.05, 0.1) is 31.8 Å². The van der Waals surface area contributed by atoms with E-state index in [1.165, 1.54) is 0 Å². The highest BCUT2D eigenvalue weighted by Gasteiger charge is 2.71. The maximum absolute atomic E-state index is 14.3. The monoisotopic (exact) mass is 588 g/mol. The molecule has 5 heterocycles. The van der Waals surface area contributed by atoms with Gasteiger partial charge in [0.25, 0.3) is 0 Å². The molecule has 3 amide bonds. The Hall–Kier alpha value is -2.80. The number of aliphatic hydroxyl groups is 1. The quantitative estimate of drug-likeness (QED) is 0.225. The van der Waals surface area contributed by atoms with Crippen LogP contribution >= 0.6 is 0 Å². The van der Waals surface area contributed by atoms with Gasteiger partial charge in [-0.15, -0.1) is 0 Å². The number of rotatable bonds is 8. The maximum Gasteiger partial charge on any atom is 0.313 e. The van der Waals surface area contributed by atoms with Gasteiger partial charge in [-0.1, -0.05) is 24.3 Å². The van der Waals surface area contributed by atoms with Crippen molar-refractivity contribution < 1.29 is 38.5 Å². The standard InChI is InChI=1S/C30H44N4O8/c1-21-20-31-23(36)9-4-3-8-22-24(29(39)41-21)25-27(37)34(12-5-2-6-17-35)26-28(38)33(11-7-10-30(25,26)42-22)14-13-32-15-18-40-19-16-32/h3,7-8,10,21-22,24-26,35H,2,4-6,9,11-20H2,1H3,(H,31,36)/b8-3-/t21-,22-,24+,25+,26-,30+/m0/s1. The Labute approximate surface area is 247 Å². The Morgan fingerprint density at radius 1 is 1.02 bits per heavy atom. The first-order valence-corrected chi connectivity index (χ1v) is 15.4. The smallest absolute Gasteiger partial charge is 0.313 e. The number of allylic oxidation sites excluding steroid dienone is 1. The summed E-state index contributed by atoms with van der Waals surface area (Å²) in [6.45, 7) is 6.79. The van der Waals surface area contributed by atoms with Gasteiger partial charge in [0.2, 0.25) is 17.7 Å². The largest absolute Gasteiger partial charge is 0.460 e. The summed E-state index contributed by atoms with van der Waals surface area (Å²) in [6, 6.07) is -0.919. The Morgan fingerprint density at radius 2 is 1.83 bits per heavy atom. The summed E-state index contributed by atoms with van der Waals surface area (Å²) in [6.07, 6.45) is 8.56. The van der Waals surface area contributed by atoms with E-state index in [9.17, 15) is 24.3 Å². The van der Waals surface area contributed by atoms with Crippen LogP contribution in [0.2, 0.25) is 0 Å². The number of unbranched alkanes of at least 4 members (excludes halogenated alkanes) is 2. The van der Waals surface area contributed by atoms with Gasteiger partial charge in [-0.3, -0.25) is 24.1 Å². The second-order valence-corrected chi connectivity index (χ2v) is 11.8. The third-order valence-electron chi connectivity index (χ3n) is 8.96. The molecule has 5 rings (SSSR count). The number of hydrogen-bond acceptors (Lipinski definition) is 9. The highest BCUT2D eigenvalue weighted by molar-refractivity contribution is 5.99. The molecule has 0 unspecified atom stereocenters. The molecule has 3 saturated heterocycles. The fourth-order valence-corrected chi connectivity index (χ4v) is 6.81. The Kier molecular flexibility index (Phi) is 9.97. The zero-order valence-corrected chi connectivity index (χ0v) is 24.4. The average Bonchev–Trinajstić information content (AvgIpc) is 3.36. The van der Waals surface area contributed by atoms with Crippen LogP contribution in [0.15, 0.2) is 24.3 Å². The first-order valence-electron chi connectivity index (χ1n) is 15.4. The summed E-state index contributed by atoms with van der Waals surface area (Å²) in [5.41, 5.74) is -1.32. The second-order valence-electron chi connectivity index (χ2n) is 11.8. The number of fused-ring (bicyclic) bond motifs is 2. The van der Waals surface area contributed by atoms with Crippen molar-refractivity contribution in [3.63, 3.8) is 0 Å². The number of ether oxygens (including phenoxy) is 3.